The van der Waals surface area contributed by atoms with Crippen molar-refractivity contribution in [2.24, 2.45) is 11.8 Å². The molecule has 2 saturated heterocycles. The average molecular weight is 805 g/mol. The Morgan fingerprint density at radius 1 is 1.05 bits per heavy atom. The number of fused-ring (bicyclic) bond motifs is 8. The molecule has 57 heavy (non-hydrogen) atoms. The summed E-state index contributed by atoms with van der Waals surface area (Å²) in [5, 5.41) is 6.16. The van der Waals surface area contributed by atoms with Gasteiger partial charge in [-0.05, 0) is 69.1 Å². The minimum absolute atomic E-state index is 0.0107. The molecule has 3 saturated carbocycles. The Hall–Kier alpha value is -4.70. The molecule has 3 aliphatic carbocycles. The molecule has 5 heterocycles. The first kappa shape index (κ1) is 39.1. The first-order valence-corrected chi connectivity index (χ1v) is 21.8. The van der Waals surface area contributed by atoms with Crippen LogP contribution in [0.15, 0.2) is 43.0 Å². The van der Waals surface area contributed by atoms with Crippen LogP contribution < -0.4 is 24.8 Å². The number of pyridine rings is 1. The second kappa shape index (κ2) is 15.9. The molecule has 9 rings (SSSR count). The lowest BCUT2D eigenvalue weighted by atomic mass is 9.83. The van der Waals surface area contributed by atoms with Gasteiger partial charge in [0.2, 0.25) is 27.7 Å². The Kier molecular flexibility index (Phi) is 10.9. The largest absolute Gasteiger partial charge is 0.497 e. The van der Waals surface area contributed by atoms with Crippen LogP contribution in [-0.4, -0.2) is 115 Å². The van der Waals surface area contributed by atoms with E-state index >= 15 is 0 Å². The van der Waals surface area contributed by atoms with E-state index in [0.29, 0.717) is 49.7 Å². The van der Waals surface area contributed by atoms with Crippen LogP contribution in [0.4, 0.5) is 4.79 Å². The number of ether oxygens (including phenoxy) is 3. The van der Waals surface area contributed by atoms with Crippen molar-refractivity contribution in [3.8, 4) is 11.6 Å². The third kappa shape index (κ3) is 8.20. The van der Waals surface area contributed by atoms with Crippen molar-refractivity contribution in [3.63, 3.8) is 0 Å². The molecule has 0 unspecified atom stereocenters. The smallest absolute Gasteiger partial charge is 0.318 e. The molecule has 7 aliphatic rings. The Bertz CT molecular complexity index is 2060. The van der Waals surface area contributed by atoms with Crippen molar-refractivity contribution in [1.29, 1.82) is 0 Å². The predicted molar refractivity (Wildman–Crippen MR) is 211 cm³/mol. The van der Waals surface area contributed by atoms with Gasteiger partial charge in [-0.25, -0.2) is 18.2 Å². The number of benzene rings is 1. The summed E-state index contributed by atoms with van der Waals surface area (Å²) in [5.41, 5.74) is -0.178. The molecule has 16 heteroatoms. The van der Waals surface area contributed by atoms with Crippen LogP contribution in [0.1, 0.15) is 76.2 Å². The van der Waals surface area contributed by atoms with Crippen molar-refractivity contribution in [2.45, 2.75) is 106 Å². The molecule has 2 aromatic rings. The molecule has 1 aromatic carbocycles. The number of sulfonamides is 1. The predicted octanol–water partition coefficient (Wildman–Crippen LogP) is 3.43. The van der Waals surface area contributed by atoms with E-state index < -0.39 is 62.6 Å². The van der Waals surface area contributed by atoms with E-state index in [0.717, 1.165) is 55.9 Å². The van der Waals surface area contributed by atoms with E-state index in [1.807, 2.05) is 36.4 Å². The third-order valence-electron chi connectivity index (χ3n) is 12.4. The molecular weight excluding hydrogens is 753 g/mol. The summed E-state index contributed by atoms with van der Waals surface area (Å²) >= 11 is 0. The lowest BCUT2D eigenvalue weighted by Crippen LogP contribution is -2.63. The van der Waals surface area contributed by atoms with E-state index in [2.05, 4.69) is 21.9 Å². The van der Waals surface area contributed by atoms with Gasteiger partial charge in [0.1, 0.15) is 29.5 Å². The summed E-state index contributed by atoms with van der Waals surface area (Å²) in [4.78, 5) is 64.8. The van der Waals surface area contributed by atoms with Crippen molar-refractivity contribution in [1.82, 2.24) is 30.1 Å². The van der Waals surface area contributed by atoms with Gasteiger partial charge in [-0.3, -0.25) is 19.1 Å². The number of hydrogen-bond donors (Lipinski definition) is 3. The summed E-state index contributed by atoms with van der Waals surface area (Å²) in [6, 6.07) is 5.22. The van der Waals surface area contributed by atoms with Gasteiger partial charge in [0.25, 0.3) is 5.91 Å². The topological polar surface area (TPSA) is 186 Å². The van der Waals surface area contributed by atoms with Crippen LogP contribution in [0.25, 0.3) is 17.0 Å². The van der Waals surface area contributed by atoms with Gasteiger partial charge in [0, 0.05) is 36.0 Å². The van der Waals surface area contributed by atoms with Crippen LogP contribution in [0.5, 0.6) is 11.6 Å². The van der Waals surface area contributed by atoms with Crippen molar-refractivity contribution in [3.05, 3.63) is 48.6 Å². The first-order valence-electron chi connectivity index (χ1n) is 20.3. The molecule has 4 aliphatic heterocycles. The standard InChI is InChI=1S/C41H52N6O9S/c1-3-28-21-41(28,39(50)45-57(52,53)32-15-16-32)44-36(48)34-20-30-24-47(34)38(49)35(25-10-6-4-7-11-25)43-40(51)46-22-31(23-46)55-17-9-5-8-12-27-18-26-13-14-29(54-2)19-33(26)42-37(27)56-30/h3,8,12-14,18-19,25,28,30-32,34-35H,1,4-7,9-11,15-17,20-24H2,2H3,(H,43,51)(H,44,48)(H,45,50)/b12-8+/t28-,30+,34-,35-,41+/m0/s1. The molecule has 0 radical (unpaired) electrons. The Balaban J connectivity index is 1.13. The fourth-order valence-corrected chi connectivity index (χ4v) is 10.0. The Morgan fingerprint density at radius 3 is 2.56 bits per heavy atom. The zero-order valence-corrected chi connectivity index (χ0v) is 33.1. The Labute approximate surface area is 333 Å². The highest BCUT2D eigenvalue weighted by Crippen LogP contribution is 2.46. The van der Waals surface area contributed by atoms with Crippen molar-refractivity contribution < 1.29 is 41.8 Å². The minimum Gasteiger partial charge on any atom is -0.497 e. The quantitative estimate of drug-likeness (QED) is 0.334. The number of allylic oxidation sites excluding steroid dienone is 1. The second-order valence-electron chi connectivity index (χ2n) is 16.4. The maximum atomic E-state index is 14.9. The van der Waals surface area contributed by atoms with E-state index in [9.17, 15) is 27.6 Å². The molecular formula is C41H52N6O9S. The number of urea groups is 1. The van der Waals surface area contributed by atoms with Crippen LogP contribution in [-0.2, 0) is 29.1 Å². The highest BCUT2D eigenvalue weighted by Gasteiger charge is 2.62. The molecule has 3 N–H and O–H groups in total. The zero-order chi connectivity index (χ0) is 39.9. The van der Waals surface area contributed by atoms with Gasteiger partial charge in [-0.2, -0.15) is 0 Å². The summed E-state index contributed by atoms with van der Waals surface area (Å²) in [6.45, 7) is 5.20. The number of hydrogen-bond acceptors (Lipinski definition) is 10. The van der Waals surface area contributed by atoms with E-state index in [1.165, 1.54) is 11.0 Å². The molecule has 5 atom stereocenters. The van der Waals surface area contributed by atoms with Gasteiger partial charge >= 0.3 is 6.03 Å². The highest BCUT2D eigenvalue weighted by atomic mass is 32.2. The molecule has 4 bridgehead atoms. The Morgan fingerprint density at radius 2 is 1.84 bits per heavy atom. The summed E-state index contributed by atoms with van der Waals surface area (Å²) in [5.74, 6) is -1.55. The maximum absolute atomic E-state index is 14.9. The number of methoxy groups -OCH3 is 1. The summed E-state index contributed by atoms with van der Waals surface area (Å²) < 4.78 is 46.0. The molecule has 5 amide bonds. The zero-order valence-electron chi connectivity index (χ0n) is 32.3. The lowest BCUT2D eigenvalue weighted by Gasteiger charge is -2.41. The third-order valence-corrected chi connectivity index (χ3v) is 14.2. The number of carbonyl (C=O) groups is 4. The lowest BCUT2D eigenvalue weighted by molar-refractivity contribution is -0.142. The number of nitrogens with one attached hydrogen (secondary N) is 3. The van der Waals surface area contributed by atoms with Gasteiger partial charge in [0.15, 0.2) is 0 Å². The van der Waals surface area contributed by atoms with Crippen LogP contribution in [0, 0.1) is 11.8 Å². The number of nitrogens with zero attached hydrogens (tertiary/aromatic N) is 3. The van der Waals surface area contributed by atoms with Gasteiger partial charge in [-0.1, -0.05) is 37.5 Å². The summed E-state index contributed by atoms with van der Waals surface area (Å²) in [7, 11) is -2.32. The second-order valence-corrected chi connectivity index (χ2v) is 18.3. The van der Waals surface area contributed by atoms with Crippen LogP contribution >= 0.6 is 0 Å². The fraction of sp³-hybridized carbons (Fsp3) is 0.585. The van der Waals surface area contributed by atoms with Crippen molar-refractivity contribution >= 4 is 50.8 Å². The molecule has 15 nitrogen and oxygen atoms in total. The van der Waals surface area contributed by atoms with Gasteiger partial charge in [0.05, 0.1) is 43.6 Å². The minimum atomic E-state index is -3.90. The van der Waals surface area contributed by atoms with Crippen LogP contribution in [0.2, 0.25) is 0 Å². The van der Waals surface area contributed by atoms with E-state index in [4.69, 9.17) is 19.2 Å². The van der Waals surface area contributed by atoms with Gasteiger partial charge in [-0.15, -0.1) is 6.58 Å². The molecule has 5 fully saturated rings. The average Bonchev–Trinajstić information content (AvgIpc) is 4.12. The number of carbonyl (C=O) groups excluding carboxylic acids is 4. The molecule has 1 aromatic heterocycles. The van der Waals surface area contributed by atoms with E-state index in [1.54, 1.807) is 12.0 Å². The van der Waals surface area contributed by atoms with Crippen LogP contribution in [0.3, 0.4) is 0 Å². The summed E-state index contributed by atoms with van der Waals surface area (Å²) in [6.07, 6.45) is 11.7. The monoisotopic (exact) mass is 804 g/mol. The van der Waals surface area contributed by atoms with Gasteiger partial charge < -0.3 is 34.6 Å². The number of aromatic nitrogens is 1. The molecule has 306 valence electrons. The SMILES string of the molecule is C=C[C@H]1C[C@]1(NC(=O)[C@@H]1C[C@@H]2CN1C(=O)[C@H](C1CCCCC1)NC(=O)N1CC(C1)OCCC/C=C/c1cc3ccc(OC)cc3nc1O2)C(=O)NS(=O)(=O)C1CC1. The molecule has 0 spiro atoms. The number of amides is 5. The maximum Gasteiger partial charge on any atom is 0.318 e. The highest BCUT2D eigenvalue weighted by molar-refractivity contribution is 7.91. The fourth-order valence-electron chi connectivity index (χ4n) is 8.66. The first-order chi connectivity index (χ1) is 27.5. The normalized spacial score (nSPS) is 30.3. The van der Waals surface area contributed by atoms with E-state index in [-0.39, 0.29) is 37.4 Å². The number of rotatable bonds is 8. The van der Waals surface area contributed by atoms with Crippen molar-refractivity contribution in [2.75, 3.05) is 33.4 Å².